The van der Waals surface area contributed by atoms with Crippen molar-refractivity contribution < 1.29 is 9.53 Å². The fraction of sp³-hybridized carbons (Fsp3) is 0.842. The highest BCUT2D eigenvalue weighted by atomic mass is 16.5. The van der Waals surface area contributed by atoms with Gasteiger partial charge in [0, 0.05) is 0 Å². The molecule has 0 aromatic rings. The summed E-state index contributed by atoms with van der Waals surface area (Å²) in [4.78, 5) is 12.6. The second kappa shape index (κ2) is 6.14. The maximum Gasteiger partial charge on any atom is 0.310 e. The summed E-state index contributed by atoms with van der Waals surface area (Å²) in [6, 6.07) is 0. The smallest absolute Gasteiger partial charge is 0.310 e. The van der Waals surface area contributed by atoms with Gasteiger partial charge in [-0.05, 0) is 48.9 Å². The second-order valence-corrected chi connectivity index (χ2v) is 8.15. The van der Waals surface area contributed by atoms with E-state index in [4.69, 9.17) is 4.74 Å². The molecule has 120 valence electrons. The molecule has 5 unspecified atom stereocenters. The Labute approximate surface area is 130 Å². The zero-order valence-electron chi connectivity index (χ0n) is 14.6. The molecule has 0 N–H and O–H groups in total. The van der Waals surface area contributed by atoms with Crippen molar-refractivity contribution in [3.63, 3.8) is 0 Å². The van der Waals surface area contributed by atoms with Crippen molar-refractivity contribution in [2.45, 2.75) is 66.9 Å². The van der Waals surface area contributed by atoms with Crippen LogP contribution in [-0.4, -0.2) is 12.1 Å². The van der Waals surface area contributed by atoms with E-state index in [0.29, 0.717) is 23.7 Å². The number of allylic oxidation sites excluding steroid dienone is 2. The van der Waals surface area contributed by atoms with Crippen LogP contribution in [-0.2, 0) is 9.53 Å². The minimum absolute atomic E-state index is 0.0350. The summed E-state index contributed by atoms with van der Waals surface area (Å²) in [6.45, 7) is 13.2. The van der Waals surface area contributed by atoms with E-state index in [0.717, 1.165) is 6.42 Å². The van der Waals surface area contributed by atoms with E-state index in [2.05, 4.69) is 46.8 Å². The summed E-state index contributed by atoms with van der Waals surface area (Å²) in [7, 11) is 0. The van der Waals surface area contributed by atoms with Crippen molar-refractivity contribution >= 4 is 5.97 Å². The Morgan fingerprint density at radius 3 is 2.52 bits per heavy atom. The average molecular weight is 292 g/mol. The van der Waals surface area contributed by atoms with Gasteiger partial charge in [0.25, 0.3) is 0 Å². The molecule has 2 rings (SSSR count). The molecule has 0 saturated heterocycles. The van der Waals surface area contributed by atoms with Crippen LogP contribution in [0.4, 0.5) is 0 Å². The van der Waals surface area contributed by atoms with Gasteiger partial charge in [0.15, 0.2) is 0 Å². The van der Waals surface area contributed by atoms with Crippen LogP contribution in [0.3, 0.4) is 0 Å². The summed E-state index contributed by atoms with van der Waals surface area (Å²) in [5, 5.41) is 0. The third-order valence-corrected chi connectivity index (χ3v) is 5.79. The lowest BCUT2D eigenvalue weighted by atomic mass is 9.75. The van der Waals surface area contributed by atoms with E-state index in [1.807, 2.05) is 6.92 Å². The van der Waals surface area contributed by atoms with Crippen LogP contribution in [0, 0.1) is 35.0 Å². The van der Waals surface area contributed by atoms with E-state index in [1.54, 1.807) is 0 Å². The molecule has 0 radical (unpaired) electrons. The standard InChI is InChI=1S/C19H32O2/c1-7-8-15-17(19(15,5)6)18(20)21-16-11-13(4)9-10-14(16)12(2)3/h7-8,12-17H,9-11H2,1-6H3. The third kappa shape index (κ3) is 3.35. The highest BCUT2D eigenvalue weighted by Crippen LogP contribution is 2.59. The van der Waals surface area contributed by atoms with Crippen molar-refractivity contribution in [1.29, 1.82) is 0 Å². The van der Waals surface area contributed by atoms with Gasteiger partial charge in [0.05, 0.1) is 5.92 Å². The Morgan fingerprint density at radius 1 is 1.29 bits per heavy atom. The normalized spacial score (nSPS) is 38.7. The summed E-state index contributed by atoms with van der Waals surface area (Å²) in [6.07, 6.45) is 7.85. The molecule has 0 aromatic heterocycles. The number of rotatable bonds is 4. The predicted octanol–water partition coefficient (Wildman–Crippen LogP) is 4.84. The highest BCUT2D eigenvalue weighted by Gasteiger charge is 2.61. The van der Waals surface area contributed by atoms with Crippen molar-refractivity contribution in [3.8, 4) is 0 Å². The van der Waals surface area contributed by atoms with E-state index in [-0.39, 0.29) is 23.4 Å². The lowest BCUT2D eigenvalue weighted by Gasteiger charge is -2.36. The van der Waals surface area contributed by atoms with Crippen LogP contribution in [0.25, 0.3) is 0 Å². The number of hydrogen-bond donors (Lipinski definition) is 0. The van der Waals surface area contributed by atoms with Gasteiger partial charge in [0.2, 0.25) is 0 Å². The van der Waals surface area contributed by atoms with Gasteiger partial charge in [-0.25, -0.2) is 0 Å². The first kappa shape index (κ1) is 16.6. The van der Waals surface area contributed by atoms with Gasteiger partial charge >= 0.3 is 5.97 Å². The van der Waals surface area contributed by atoms with Crippen LogP contribution in [0.15, 0.2) is 12.2 Å². The number of esters is 1. The van der Waals surface area contributed by atoms with Crippen LogP contribution in [0.1, 0.15) is 60.8 Å². The van der Waals surface area contributed by atoms with Crippen molar-refractivity contribution in [3.05, 3.63) is 12.2 Å². The van der Waals surface area contributed by atoms with Gasteiger partial charge in [-0.2, -0.15) is 0 Å². The Bertz CT molecular complexity index is 408. The Kier molecular flexibility index (Phi) is 4.85. The lowest BCUT2D eigenvalue weighted by molar-refractivity contribution is -0.158. The molecule has 5 atom stereocenters. The van der Waals surface area contributed by atoms with Crippen molar-refractivity contribution in [1.82, 2.24) is 0 Å². The van der Waals surface area contributed by atoms with E-state index in [9.17, 15) is 4.79 Å². The molecule has 21 heavy (non-hydrogen) atoms. The molecule has 2 fully saturated rings. The molecule has 2 nitrogen and oxygen atoms in total. The van der Waals surface area contributed by atoms with E-state index >= 15 is 0 Å². The molecule has 2 aliphatic rings. The largest absolute Gasteiger partial charge is 0.462 e. The fourth-order valence-electron chi connectivity index (χ4n) is 4.17. The molecule has 0 bridgehead atoms. The molecule has 0 amide bonds. The number of ether oxygens (including phenoxy) is 1. The summed E-state index contributed by atoms with van der Waals surface area (Å²) < 4.78 is 6.00. The Balaban J connectivity index is 2.01. The minimum Gasteiger partial charge on any atom is -0.462 e. The first-order chi connectivity index (χ1) is 9.78. The van der Waals surface area contributed by atoms with Gasteiger partial charge < -0.3 is 4.74 Å². The number of carbonyl (C=O) groups excluding carboxylic acids is 1. The number of hydrogen-bond acceptors (Lipinski definition) is 2. The molecular weight excluding hydrogens is 260 g/mol. The monoisotopic (exact) mass is 292 g/mol. The van der Waals surface area contributed by atoms with Crippen molar-refractivity contribution in [2.24, 2.45) is 35.0 Å². The van der Waals surface area contributed by atoms with Crippen LogP contribution < -0.4 is 0 Å². The Morgan fingerprint density at radius 2 is 1.95 bits per heavy atom. The fourth-order valence-corrected chi connectivity index (χ4v) is 4.17. The first-order valence-electron chi connectivity index (χ1n) is 8.62. The van der Waals surface area contributed by atoms with E-state index < -0.39 is 0 Å². The summed E-state index contributed by atoms with van der Waals surface area (Å²) in [5.41, 5.74) is 0.0667. The van der Waals surface area contributed by atoms with Crippen LogP contribution in [0.5, 0.6) is 0 Å². The molecule has 2 heteroatoms. The Hall–Kier alpha value is -0.790. The lowest BCUT2D eigenvalue weighted by Crippen LogP contribution is -2.36. The van der Waals surface area contributed by atoms with Gasteiger partial charge in [0.1, 0.15) is 6.10 Å². The third-order valence-electron chi connectivity index (χ3n) is 5.79. The second-order valence-electron chi connectivity index (χ2n) is 8.15. The molecule has 2 aliphatic carbocycles. The van der Waals surface area contributed by atoms with E-state index in [1.165, 1.54) is 12.8 Å². The van der Waals surface area contributed by atoms with Gasteiger partial charge in [-0.15, -0.1) is 0 Å². The topological polar surface area (TPSA) is 26.3 Å². The number of carbonyl (C=O) groups is 1. The van der Waals surface area contributed by atoms with Crippen LogP contribution >= 0.6 is 0 Å². The molecular formula is C19H32O2. The first-order valence-corrected chi connectivity index (χ1v) is 8.62. The molecule has 0 aliphatic heterocycles. The van der Waals surface area contributed by atoms with Crippen molar-refractivity contribution in [2.75, 3.05) is 0 Å². The predicted molar refractivity (Wildman–Crippen MR) is 86.8 cm³/mol. The zero-order valence-corrected chi connectivity index (χ0v) is 14.6. The van der Waals surface area contributed by atoms with Crippen LogP contribution in [0.2, 0.25) is 0 Å². The quantitative estimate of drug-likeness (QED) is 0.547. The molecule has 0 aromatic carbocycles. The zero-order chi connectivity index (χ0) is 15.8. The maximum atomic E-state index is 12.6. The average Bonchev–Trinajstić information content (AvgIpc) is 2.91. The molecule has 2 saturated carbocycles. The SMILES string of the molecule is CC=CC1C(C(=O)OC2CC(C)CCC2C(C)C)C1(C)C. The maximum absolute atomic E-state index is 12.6. The molecule has 0 spiro atoms. The highest BCUT2D eigenvalue weighted by molar-refractivity contribution is 5.78. The minimum atomic E-state index is 0.0350. The summed E-state index contributed by atoms with van der Waals surface area (Å²) >= 11 is 0. The van der Waals surface area contributed by atoms with Gasteiger partial charge in [-0.3, -0.25) is 4.79 Å². The summed E-state index contributed by atoms with van der Waals surface area (Å²) in [5.74, 6) is 2.25. The molecule has 0 heterocycles. The van der Waals surface area contributed by atoms with Gasteiger partial charge in [-0.1, -0.05) is 53.2 Å².